The summed E-state index contributed by atoms with van der Waals surface area (Å²) >= 11 is 0. The maximum atomic E-state index is 13.9. The predicted octanol–water partition coefficient (Wildman–Crippen LogP) is 13.3. The zero-order valence-corrected chi connectivity index (χ0v) is 69.1. The molecule has 4 fully saturated rings. The summed E-state index contributed by atoms with van der Waals surface area (Å²) in [5, 5.41) is 11.9. The van der Waals surface area contributed by atoms with Gasteiger partial charge in [-0.15, -0.1) is 0 Å². The van der Waals surface area contributed by atoms with E-state index in [1.54, 1.807) is 17.3 Å². The van der Waals surface area contributed by atoms with Crippen LogP contribution in [0.3, 0.4) is 0 Å². The van der Waals surface area contributed by atoms with Crippen molar-refractivity contribution in [2.75, 3.05) is 61.4 Å². The van der Waals surface area contributed by atoms with Gasteiger partial charge >= 0.3 is 24.4 Å². The number of carbonyl (C=O) groups is 8. The topological polar surface area (TPSA) is 384 Å². The Morgan fingerprint density at radius 1 is 0.436 bits per heavy atom. The molecule has 0 saturated carbocycles. The molecule has 0 aliphatic carbocycles. The molecule has 5 aromatic heterocycles. The Balaban J connectivity index is 0.000000203. The first-order chi connectivity index (χ1) is 56.1. The highest BCUT2D eigenvalue weighted by atomic mass is 16.7. The summed E-state index contributed by atoms with van der Waals surface area (Å²) < 4.78 is 31.2. The fraction of sp³-hybridized carbons (Fsp3) is 0.465. The van der Waals surface area contributed by atoms with Gasteiger partial charge in [0.25, 0.3) is 0 Å². The fourth-order valence-corrected chi connectivity index (χ4v) is 17.0. The van der Waals surface area contributed by atoms with Gasteiger partial charge in [-0.3, -0.25) is 19.2 Å². The van der Waals surface area contributed by atoms with Crippen LogP contribution >= 0.6 is 0 Å². The van der Waals surface area contributed by atoms with E-state index in [-0.39, 0.29) is 66.2 Å². The quantitative estimate of drug-likeness (QED) is 0.0285. The molecule has 0 bridgehead atoms. The molecule has 31 heteroatoms. The number of benzene rings is 4. The lowest BCUT2D eigenvalue weighted by Crippen LogP contribution is -2.55. The van der Waals surface area contributed by atoms with Crippen molar-refractivity contribution in [2.45, 2.75) is 175 Å². The van der Waals surface area contributed by atoms with Crippen molar-refractivity contribution in [3.8, 4) is 78.8 Å². The van der Waals surface area contributed by atoms with Crippen LogP contribution in [0.25, 0.3) is 78.2 Å². The number of hydrogen-bond donors (Lipinski definition) is 9. The summed E-state index contributed by atoms with van der Waals surface area (Å²) in [7, 11) is 5.15. The number of H-pyrrole nitrogens is 5. The summed E-state index contributed by atoms with van der Waals surface area (Å²) in [5.41, 5.74) is 11.5. The Labute approximate surface area is 679 Å². The van der Waals surface area contributed by atoms with Gasteiger partial charge in [0.15, 0.2) is 11.5 Å². The van der Waals surface area contributed by atoms with E-state index >= 15 is 0 Å². The lowest BCUT2D eigenvalue weighted by Gasteiger charge is -2.37. The molecule has 4 aromatic carbocycles. The van der Waals surface area contributed by atoms with E-state index < -0.39 is 59.6 Å². The molecule has 10 heterocycles. The molecule has 9 N–H and O–H groups in total. The third-order valence-corrected chi connectivity index (χ3v) is 23.6. The highest BCUT2D eigenvalue weighted by Gasteiger charge is 2.49. The third-order valence-electron chi connectivity index (χ3n) is 23.6. The molecule has 31 nitrogen and oxygen atoms in total. The molecule has 9 aromatic rings. The number of methoxy groups -OCH3 is 4. The number of nitrogens with one attached hydrogen (secondary N) is 9. The summed E-state index contributed by atoms with van der Waals surface area (Å²) in [5.74, 6) is 2.81. The number of hydrogen-bond acceptors (Lipinski definition) is 18. The van der Waals surface area contributed by atoms with Gasteiger partial charge in [-0.1, -0.05) is 116 Å². The first kappa shape index (κ1) is 82.8. The van der Waals surface area contributed by atoms with Crippen molar-refractivity contribution in [1.82, 2.24) is 85.7 Å². The summed E-state index contributed by atoms with van der Waals surface area (Å²) in [6, 6.07) is 21.3. The van der Waals surface area contributed by atoms with Gasteiger partial charge < -0.3 is 94.2 Å². The first-order valence-electron chi connectivity index (χ1n) is 40.2. The minimum atomic E-state index is -0.743. The number of imidazole rings is 4. The third kappa shape index (κ3) is 16.6. The van der Waals surface area contributed by atoms with Gasteiger partial charge in [0.05, 0.1) is 105 Å². The number of carbonyl (C=O) groups excluding carboxylic acids is 8. The van der Waals surface area contributed by atoms with Crippen molar-refractivity contribution < 1.29 is 66.8 Å². The van der Waals surface area contributed by atoms with Crippen molar-refractivity contribution in [3.63, 3.8) is 0 Å². The van der Waals surface area contributed by atoms with E-state index in [9.17, 15) is 38.4 Å². The number of aromatic nitrogens is 9. The Morgan fingerprint density at radius 2 is 0.795 bits per heavy atom. The Bertz CT molecular complexity index is 5140. The van der Waals surface area contributed by atoms with Crippen molar-refractivity contribution in [1.29, 1.82) is 0 Å². The number of alkyl carbamates (subject to hydrolysis) is 4. The lowest BCUT2D eigenvalue weighted by molar-refractivity contribution is -0.139. The summed E-state index contributed by atoms with van der Waals surface area (Å²) in [6.07, 6.45) is 12.9. The number of aryl methyl sites for hydroxylation is 1. The first-order valence-corrected chi connectivity index (χ1v) is 40.2. The van der Waals surface area contributed by atoms with Crippen LogP contribution in [0.2, 0.25) is 0 Å². The molecule has 117 heavy (non-hydrogen) atoms. The van der Waals surface area contributed by atoms with Crippen molar-refractivity contribution in [2.24, 2.45) is 23.7 Å². The smallest absolute Gasteiger partial charge is 0.407 e. The van der Waals surface area contributed by atoms with Gasteiger partial charge in [-0.25, -0.2) is 39.1 Å². The van der Waals surface area contributed by atoms with Crippen LogP contribution < -0.4 is 30.7 Å². The molecule has 4 saturated heterocycles. The molecule has 5 aliphatic heterocycles. The molecule has 8 atom stereocenters. The molecule has 0 unspecified atom stereocenters. The maximum Gasteiger partial charge on any atom is 0.407 e. The highest BCUT2D eigenvalue weighted by Crippen LogP contribution is 2.49. The zero-order chi connectivity index (χ0) is 83.5. The summed E-state index contributed by atoms with van der Waals surface area (Å²) in [4.78, 5) is 147. The minimum Gasteiger partial charge on any atom is -0.453 e. The molecule has 0 radical (unpaired) electrons. The van der Waals surface area contributed by atoms with E-state index in [4.69, 9.17) is 48.4 Å². The molecular formula is C86H107N17O14. The SMILES string of the molecule is COC(=O)N[C@H](C(=O)N1CCC[C@@]1(C)c1ncc(-c2ccc(-c3ccc(-c4cnc([C@]5(C)CCCN5C(=O)[C@@H](NC(=O)OC)C(C)C)[nH]4)c4c3OCO4)cc2)[nH]1)C(C)C.COC(=O)N[C@H](C(=O)N1CCC[C@H]1c1ncc(-c2ccc(-c3ccc(-c4cnc([C@@H]5CCCN5C(=O)[C@@H](NC(=O)OC)C(C)C)[nH]4)c4[nH]cc(C)c34)cc2)[nH]1)C(C)C. The van der Waals surface area contributed by atoms with Gasteiger partial charge in [0.2, 0.25) is 30.4 Å². The van der Waals surface area contributed by atoms with E-state index in [0.717, 1.165) is 135 Å². The number of rotatable bonds is 22. The second kappa shape index (κ2) is 34.7. The van der Waals surface area contributed by atoms with E-state index in [1.807, 2.05) is 139 Å². The van der Waals surface area contributed by atoms with Crippen molar-refractivity contribution in [3.05, 3.63) is 133 Å². The zero-order valence-electron chi connectivity index (χ0n) is 69.1. The molecule has 620 valence electrons. The average molecular weight is 1600 g/mol. The normalized spacial score (nSPS) is 19.4. The number of likely N-dealkylation sites (tertiary alicyclic amines) is 4. The summed E-state index contributed by atoms with van der Waals surface area (Å²) in [6.45, 7) is 23.6. The number of aromatic amines is 5. The Hall–Kier alpha value is -12.2. The molecule has 5 aliphatic rings. The van der Waals surface area contributed by atoms with Gasteiger partial charge in [0, 0.05) is 54.5 Å². The standard InChI is InChI=1S/C43H53N9O6.C43H54N8O8/c1-23(2)35(49-42(55)57-6)40(53)51-18-8-10-32(51)38-45-21-30(47-38)27-14-12-26(13-15-27)28-16-17-29(37-34(28)25(5)20-44-37)31-22-46-39(48-31)33-11-9-19-52(33)41(54)36(24(3)4)50-43(56)58-7;1-24(2)32(48-40(54)56-7)36(52)50-19-9-17-42(50,5)38-44-21-30(46-38)27-13-11-26(12-14-27)28-15-16-29(35-34(28)58-23-59-35)31-22-45-39(47-31)43(6)18-10-20-51(43)37(53)33(25(3)4)49-41(55)57-8/h12-17,20-24,32-33,35-36,44H,8-11,18-19H2,1-7H3,(H,45,47)(H,46,48)(H,49,55)(H,50,56);11-16,21-22,24-25,32-33H,9-10,17-20,23H2,1-8H3,(H,44,46)(H,45,47)(H,48,54)(H,49,55)/t32-,33-,35-,36-;32-,33-,42-,43-/m00/s1. The highest BCUT2D eigenvalue weighted by molar-refractivity contribution is 6.05. The van der Waals surface area contributed by atoms with E-state index in [1.165, 1.54) is 28.4 Å². The van der Waals surface area contributed by atoms with Crippen LogP contribution in [0.15, 0.2) is 104 Å². The molecule has 8 amide bonds. The van der Waals surface area contributed by atoms with Crippen LogP contribution in [0.4, 0.5) is 19.2 Å². The fourth-order valence-electron chi connectivity index (χ4n) is 17.0. The Kier molecular flexibility index (Phi) is 24.6. The second-order valence-electron chi connectivity index (χ2n) is 32.5. The monoisotopic (exact) mass is 1600 g/mol. The predicted molar refractivity (Wildman–Crippen MR) is 437 cm³/mol. The van der Waals surface area contributed by atoms with Crippen molar-refractivity contribution >= 4 is 58.9 Å². The van der Waals surface area contributed by atoms with Gasteiger partial charge in [-0.2, -0.15) is 0 Å². The average Bonchev–Trinajstić information content (AvgIpc) is 1.64. The minimum absolute atomic E-state index is 0.0636. The van der Waals surface area contributed by atoms with E-state index in [2.05, 4.69) is 89.5 Å². The van der Waals surface area contributed by atoms with Gasteiger partial charge in [0.1, 0.15) is 47.5 Å². The number of amides is 8. The largest absolute Gasteiger partial charge is 0.453 e. The van der Waals surface area contributed by atoms with Crippen LogP contribution in [0.1, 0.15) is 162 Å². The molecular weight excluding hydrogens is 1500 g/mol. The van der Waals surface area contributed by atoms with Crippen LogP contribution in [0, 0.1) is 30.6 Å². The molecule has 0 spiro atoms. The van der Waals surface area contributed by atoms with E-state index in [0.29, 0.717) is 61.6 Å². The molecule has 14 rings (SSSR count). The number of ether oxygens (including phenoxy) is 6. The van der Waals surface area contributed by atoms with Gasteiger partial charge in [-0.05, 0) is 141 Å². The van der Waals surface area contributed by atoms with Crippen LogP contribution in [0.5, 0.6) is 11.5 Å². The Morgan fingerprint density at radius 3 is 1.26 bits per heavy atom. The van der Waals surface area contributed by atoms with Crippen LogP contribution in [-0.2, 0) is 49.2 Å². The number of fused-ring (bicyclic) bond motifs is 2. The lowest BCUT2D eigenvalue weighted by atomic mass is 9.95. The second-order valence-corrected chi connectivity index (χ2v) is 32.5. The number of nitrogens with zero attached hydrogens (tertiary/aromatic N) is 8. The maximum absolute atomic E-state index is 13.9. The van der Waals surface area contributed by atoms with Crippen LogP contribution in [-0.4, -0.2) is 198 Å².